The molecule has 0 N–H and O–H groups in total. The van der Waals surface area contributed by atoms with Crippen molar-refractivity contribution < 1.29 is 0 Å². The first kappa shape index (κ1) is 86.3. The van der Waals surface area contributed by atoms with Crippen LogP contribution in [0.2, 0.25) is 0 Å². The smallest absolute Gasteiger partial charge is 0.307 e. The van der Waals surface area contributed by atoms with E-state index in [0.29, 0.717) is 22.8 Å². The number of aromatic nitrogens is 12. The highest BCUT2D eigenvalue weighted by molar-refractivity contribution is 6.21. The zero-order chi connectivity index (χ0) is 97.4. The molecular formula is C120H64N24. The highest BCUT2D eigenvalue weighted by Crippen LogP contribution is 2.50. The Labute approximate surface area is 823 Å². The van der Waals surface area contributed by atoms with Crippen molar-refractivity contribution in [1.29, 1.82) is 10.5 Å². The van der Waals surface area contributed by atoms with Crippen LogP contribution in [0.25, 0.3) is 187 Å². The molecule has 22 aromatic rings. The molecule has 24 heteroatoms. The van der Waals surface area contributed by atoms with Crippen molar-refractivity contribution in [2.24, 2.45) is 0 Å². The van der Waals surface area contributed by atoms with Crippen molar-refractivity contribution in [3.8, 4) is 79.4 Å². The van der Waals surface area contributed by atoms with E-state index in [2.05, 4.69) is 331 Å². The Bertz CT molecular complexity index is 8750. The molecule has 0 radical (unpaired) electrons. The van der Waals surface area contributed by atoms with Gasteiger partial charge in [0.05, 0.1) is 45.5 Å². The lowest BCUT2D eigenvalue weighted by Gasteiger charge is -2.27. The summed E-state index contributed by atoms with van der Waals surface area (Å²) in [6, 6.07) is 127. The summed E-state index contributed by atoms with van der Waals surface area (Å²) in [7, 11) is 0. The third-order valence-electron chi connectivity index (χ3n) is 25.1. The van der Waals surface area contributed by atoms with Gasteiger partial charge in [-0.15, -0.1) is 29.9 Å². The Hall–Kier alpha value is -21.8. The number of nitrogens with zero attached hydrogens (tertiary/aromatic N) is 24. The van der Waals surface area contributed by atoms with Crippen LogP contribution in [0.5, 0.6) is 0 Å². The van der Waals surface area contributed by atoms with Gasteiger partial charge in [0, 0.05) is 67.8 Å². The molecule has 664 valence electrons. The van der Waals surface area contributed by atoms with Crippen LogP contribution in [0.4, 0.5) is 103 Å². The SMILES string of the molecule is [C-]#[N+]c1nc2c(nc1C#N)c1nc(-c3ccc(-c4ccc(N5c6ccccc6C=Cc6ccccc65)cc4)cc3)c(-c3ccc(-c4ccc(N5c6ccccc6C=Cc6ccccc65)cc4)cc3)nc1c1nc([N+]#[C-])c([N+]#[C-])nc21.[C-]#[N+]c1nc2c(nc1C#N)c1nc(-c3ccc(N(c4ccccc4)c4ccccc4)cc3)c(-c3ccc(N(c4ccccc4)c4ccccc4)cc3)nc1c1nc([N+]#[C-])c([N+]#[C-])nc21. The number of hydrogen-bond donors (Lipinski definition) is 0. The fraction of sp³-hybridized carbons (Fsp3) is 0. The lowest BCUT2D eigenvalue weighted by Crippen LogP contribution is -2.11. The topological polar surface area (TPSA) is 241 Å². The number of anilines is 12. The van der Waals surface area contributed by atoms with Gasteiger partial charge >= 0.3 is 11.6 Å². The summed E-state index contributed by atoms with van der Waals surface area (Å²) in [6.07, 6.45) is 8.66. The number of nitriles is 2. The maximum atomic E-state index is 10.2. The first-order chi connectivity index (χ1) is 71.0. The van der Waals surface area contributed by atoms with Crippen molar-refractivity contribution in [1.82, 2.24) is 59.8 Å². The lowest BCUT2D eigenvalue weighted by atomic mass is 9.97. The summed E-state index contributed by atoms with van der Waals surface area (Å²) >= 11 is 0. The highest BCUT2D eigenvalue weighted by atomic mass is 15.2. The molecular weight excluding hydrogens is 1780 g/mol. The summed E-state index contributed by atoms with van der Waals surface area (Å²) in [4.78, 5) is 87.8. The Kier molecular flexibility index (Phi) is 22.0. The Morgan fingerprint density at radius 1 is 0.194 bits per heavy atom. The first-order valence-corrected chi connectivity index (χ1v) is 45.4. The van der Waals surface area contributed by atoms with Gasteiger partial charge in [-0.25, -0.2) is 29.9 Å². The molecule has 16 aromatic carbocycles. The van der Waals surface area contributed by atoms with Gasteiger partial charge in [0.2, 0.25) is 22.1 Å². The Morgan fingerprint density at radius 3 is 0.618 bits per heavy atom. The van der Waals surface area contributed by atoms with Crippen molar-refractivity contribution in [2.45, 2.75) is 0 Å². The van der Waals surface area contributed by atoms with Crippen LogP contribution in [0, 0.1) is 62.1 Å². The maximum Gasteiger partial charge on any atom is 0.307 e. The number of benzene rings is 16. The normalized spacial score (nSPS) is 11.5. The van der Waals surface area contributed by atoms with Gasteiger partial charge < -0.3 is 48.7 Å². The molecule has 0 saturated carbocycles. The summed E-state index contributed by atoms with van der Waals surface area (Å²) in [5.41, 5.74) is 27.2. The molecule has 0 aliphatic carbocycles. The number of rotatable bonds is 14. The molecule has 8 heterocycles. The van der Waals surface area contributed by atoms with E-state index in [9.17, 15) is 10.5 Å². The molecule has 0 fully saturated rings. The summed E-state index contributed by atoms with van der Waals surface area (Å²) in [5, 5.41) is 20.3. The molecule has 144 heavy (non-hydrogen) atoms. The number of fused-ring (bicyclic) bond motifs is 16. The number of hydrogen-bond acceptors (Lipinski definition) is 18. The van der Waals surface area contributed by atoms with E-state index in [4.69, 9.17) is 59.4 Å². The van der Waals surface area contributed by atoms with Crippen LogP contribution >= 0.6 is 0 Å². The molecule has 6 aromatic heterocycles. The van der Waals surface area contributed by atoms with Crippen LogP contribution in [-0.2, 0) is 0 Å². The van der Waals surface area contributed by atoms with E-state index < -0.39 is 0 Å². The maximum absolute atomic E-state index is 10.2. The number of para-hydroxylation sites is 8. The second kappa shape index (κ2) is 36.8. The molecule has 2 aliphatic rings. The van der Waals surface area contributed by atoms with Gasteiger partial charge in [-0.05, 0) is 166 Å². The second-order valence-electron chi connectivity index (χ2n) is 33.4. The third kappa shape index (κ3) is 15.5. The standard InChI is InChI=1S/C68H36N12.C52H28N12/c1-70-66-53(40-69)73-60-61-62(64-65(63(60)76-66)78-68(72-3)67(71-2)77-64)75-59(50-30-22-42(23-31-50)44-34-38-52(39-35-44)80-56-18-10-6-14-47(56)26-27-48-15-7-11-19-57(48)80)58(74-61)49-28-20-41(21-29-49)43-32-36-51(37-33-43)79-54-16-8-4-12-45(54)24-25-46-13-5-9-17-55(46)79;1-54-50-41(32-53)57-44-45-46(48-49(47(44)60-50)62-52(56-3)51(55-2)61-48)59-43(34-26-30-40(31-27-34)64(37-20-12-6-13-21-37)38-22-14-7-15-23-38)42(58-45)33-24-28-39(29-25-33)63(35-16-8-4-9-17-35)36-18-10-5-11-19-36/h4-39H;4-31H. The van der Waals surface area contributed by atoms with Gasteiger partial charge in [0.1, 0.15) is 45.2 Å². The fourth-order valence-electron chi connectivity index (χ4n) is 18.4. The minimum absolute atomic E-state index is 0.109. The van der Waals surface area contributed by atoms with Gasteiger partial charge in [-0.1, -0.05) is 306 Å². The van der Waals surface area contributed by atoms with Gasteiger partial charge in [0.15, 0.2) is 11.4 Å². The molecule has 0 unspecified atom stereocenters. The molecule has 0 atom stereocenters. The summed E-state index contributed by atoms with van der Waals surface area (Å²) in [6.45, 7) is 47.0. The summed E-state index contributed by atoms with van der Waals surface area (Å²) < 4.78 is 0. The largest absolute Gasteiger partial charge is 0.370 e. The Balaban J connectivity index is 0.000000164. The van der Waals surface area contributed by atoms with Gasteiger partial charge in [0.25, 0.3) is 34.3 Å². The van der Waals surface area contributed by atoms with E-state index >= 15 is 0 Å². The third-order valence-corrected chi connectivity index (χ3v) is 25.1. The minimum atomic E-state index is -0.239. The average Bonchev–Trinajstić information content (AvgIpc) is 0.758. The van der Waals surface area contributed by atoms with E-state index in [-0.39, 0.29) is 112 Å². The molecule has 0 saturated heterocycles. The monoisotopic (exact) mass is 1840 g/mol. The first-order valence-electron chi connectivity index (χ1n) is 45.4. The molecule has 0 spiro atoms. The molecule has 2 aliphatic heterocycles. The fourth-order valence-corrected chi connectivity index (χ4v) is 18.4. The highest BCUT2D eigenvalue weighted by Gasteiger charge is 2.34. The van der Waals surface area contributed by atoms with Crippen molar-refractivity contribution >= 4 is 194 Å². The van der Waals surface area contributed by atoms with E-state index in [1.54, 1.807) is 0 Å². The van der Waals surface area contributed by atoms with E-state index in [1.165, 1.54) is 0 Å². The zero-order valence-electron chi connectivity index (χ0n) is 75.7. The van der Waals surface area contributed by atoms with Crippen LogP contribution in [0.15, 0.2) is 364 Å². The molecule has 0 bridgehead atoms. The quantitative estimate of drug-likeness (QED) is 0.0726. The predicted molar refractivity (Wildman–Crippen MR) is 568 cm³/mol. The van der Waals surface area contributed by atoms with Crippen LogP contribution in [0.1, 0.15) is 33.6 Å². The molecule has 24 rings (SSSR count). The van der Waals surface area contributed by atoms with Crippen molar-refractivity contribution in [3.05, 3.63) is 466 Å². The Morgan fingerprint density at radius 2 is 0.382 bits per heavy atom. The van der Waals surface area contributed by atoms with E-state index in [0.717, 1.165) is 135 Å². The van der Waals surface area contributed by atoms with Crippen LogP contribution in [-0.4, -0.2) is 59.8 Å². The second-order valence-corrected chi connectivity index (χ2v) is 33.4. The van der Waals surface area contributed by atoms with Gasteiger partial charge in [-0.3, -0.25) is 0 Å². The minimum Gasteiger partial charge on any atom is -0.370 e. The van der Waals surface area contributed by atoms with Crippen molar-refractivity contribution in [2.75, 3.05) is 19.6 Å². The zero-order valence-corrected chi connectivity index (χ0v) is 75.7. The average molecular weight is 1840 g/mol. The lowest BCUT2D eigenvalue weighted by molar-refractivity contribution is 1.23. The summed E-state index contributed by atoms with van der Waals surface area (Å²) in [5.74, 6) is -1.38. The van der Waals surface area contributed by atoms with Gasteiger partial charge in [-0.2, -0.15) is 10.5 Å². The van der Waals surface area contributed by atoms with Crippen LogP contribution < -0.4 is 19.6 Å². The predicted octanol–water partition coefficient (Wildman–Crippen LogP) is 30.9. The van der Waals surface area contributed by atoms with Crippen molar-refractivity contribution in [3.63, 3.8) is 0 Å². The molecule has 24 nitrogen and oxygen atoms in total. The van der Waals surface area contributed by atoms with Crippen LogP contribution in [0.3, 0.4) is 0 Å². The van der Waals surface area contributed by atoms with E-state index in [1.807, 2.05) is 158 Å². The molecule has 0 amide bonds.